The average Bonchev–Trinajstić information content (AvgIpc) is 2.80. The van der Waals surface area contributed by atoms with Crippen LogP contribution in [0.4, 0.5) is 0 Å². The molecule has 0 radical (unpaired) electrons. The van der Waals surface area contributed by atoms with Gasteiger partial charge in [0.15, 0.2) is 0 Å². The first-order valence-electron chi connectivity index (χ1n) is 6.24. The van der Waals surface area contributed by atoms with Gasteiger partial charge in [-0.25, -0.2) is 4.99 Å². The smallest absolute Gasteiger partial charge is 0.308 e. The van der Waals surface area contributed by atoms with E-state index in [1.165, 1.54) is 18.7 Å². The molecule has 0 saturated carbocycles. The molecule has 1 aromatic rings. The van der Waals surface area contributed by atoms with E-state index < -0.39 is 5.97 Å². The molecule has 4 nitrogen and oxygen atoms in total. The zero-order valence-corrected chi connectivity index (χ0v) is 14.9. The highest BCUT2D eigenvalue weighted by Crippen LogP contribution is 2.33. The van der Waals surface area contributed by atoms with Crippen molar-refractivity contribution in [2.24, 2.45) is 4.99 Å². The molecule has 114 valence electrons. The molecule has 0 amide bonds. The third-order valence-corrected chi connectivity index (χ3v) is 5.17. The van der Waals surface area contributed by atoms with E-state index in [4.69, 9.17) is 4.74 Å². The van der Waals surface area contributed by atoms with Gasteiger partial charge in [-0.15, -0.1) is 6.58 Å². The molecule has 0 fully saturated rings. The second-order valence-corrected chi connectivity index (χ2v) is 7.26. The molecular weight excluding hydrogens is 386 g/mol. The van der Waals surface area contributed by atoms with Gasteiger partial charge < -0.3 is 4.74 Å². The van der Waals surface area contributed by atoms with Crippen molar-refractivity contribution < 1.29 is 14.3 Å². The molecule has 1 aliphatic rings. The van der Waals surface area contributed by atoms with Crippen LogP contribution in [0.1, 0.15) is 12.5 Å². The highest BCUT2D eigenvalue weighted by molar-refractivity contribution is 9.10. The number of aliphatic imine (C=N–C) groups is 1. The van der Waals surface area contributed by atoms with Gasteiger partial charge in [-0.05, 0) is 41.6 Å². The van der Waals surface area contributed by atoms with Crippen molar-refractivity contribution >= 4 is 61.0 Å². The highest BCUT2D eigenvalue weighted by Gasteiger charge is 2.22. The Labute approximate surface area is 145 Å². The van der Waals surface area contributed by atoms with Gasteiger partial charge in [0.1, 0.15) is 15.8 Å². The zero-order valence-electron chi connectivity index (χ0n) is 11.7. The molecule has 0 bridgehead atoms. The van der Waals surface area contributed by atoms with Crippen molar-refractivity contribution in [3.63, 3.8) is 0 Å². The number of rotatable bonds is 4. The summed E-state index contributed by atoms with van der Waals surface area (Å²) in [5.41, 5.74) is 1.10. The van der Waals surface area contributed by atoms with Crippen LogP contribution in [0, 0.1) is 0 Å². The minimum atomic E-state index is -0.394. The number of esters is 1. The second kappa shape index (κ2) is 7.80. The molecule has 2 rings (SSSR count). The molecule has 0 aromatic heterocycles. The van der Waals surface area contributed by atoms with Crippen LogP contribution in [0.5, 0.6) is 5.75 Å². The largest absolute Gasteiger partial charge is 0.427 e. The molecule has 0 N–H and O–H groups in total. The van der Waals surface area contributed by atoms with Crippen LogP contribution in [0.3, 0.4) is 0 Å². The Kier molecular flexibility index (Phi) is 6.05. The predicted molar refractivity (Wildman–Crippen MR) is 96.1 cm³/mol. The summed E-state index contributed by atoms with van der Waals surface area (Å²) in [4.78, 5) is 27.3. The Balaban J connectivity index is 2.27. The summed E-state index contributed by atoms with van der Waals surface area (Å²) in [5, 5.41) is -0.101. The number of hydrogen-bond acceptors (Lipinski definition) is 6. The maximum Gasteiger partial charge on any atom is 0.308 e. The van der Waals surface area contributed by atoms with E-state index in [9.17, 15) is 9.59 Å². The maximum absolute atomic E-state index is 12.0. The van der Waals surface area contributed by atoms with E-state index >= 15 is 0 Å². The summed E-state index contributed by atoms with van der Waals surface area (Å²) < 4.78 is 6.54. The molecule has 7 heteroatoms. The van der Waals surface area contributed by atoms with Crippen molar-refractivity contribution in [1.82, 2.24) is 0 Å². The zero-order chi connectivity index (χ0) is 16.1. The molecule has 1 aromatic carbocycles. The molecule has 22 heavy (non-hydrogen) atoms. The quantitative estimate of drug-likeness (QED) is 0.328. The Morgan fingerprint density at radius 3 is 3.00 bits per heavy atom. The van der Waals surface area contributed by atoms with Gasteiger partial charge in [0.05, 0.1) is 0 Å². The Bertz CT molecular complexity index is 698. The molecule has 1 aliphatic heterocycles. The van der Waals surface area contributed by atoms with Crippen molar-refractivity contribution in [2.45, 2.75) is 6.92 Å². The lowest BCUT2D eigenvalue weighted by molar-refractivity contribution is -0.131. The lowest BCUT2D eigenvalue weighted by Gasteiger charge is -2.04. The SMILES string of the molecule is C=CCSC1=N/C(=C\c2cc(OC(C)=O)ccc2Br)C(=O)S1. The monoisotopic (exact) mass is 397 g/mol. The fraction of sp³-hybridized carbons (Fsp3) is 0.133. The number of benzene rings is 1. The first-order chi connectivity index (χ1) is 10.5. The van der Waals surface area contributed by atoms with E-state index in [1.54, 1.807) is 30.4 Å². The normalized spacial score (nSPS) is 15.8. The Morgan fingerprint density at radius 1 is 1.55 bits per heavy atom. The van der Waals surface area contributed by atoms with Gasteiger partial charge in [-0.1, -0.05) is 33.8 Å². The maximum atomic E-state index is 12.0. The van der Waals surface area contributed by atoms with Crippen molar-refractivity contribution in [3.8, 4) is 5.75 Å². The molecule has 0 aliphatic carbocycles. The Hall–Kier alpha value is -1.31. The van der Waals surface area contributed by atoms with Crippen molar-refractivity contribution in [2.75, 3.05) is 5.75 Å². The van der Waals surface area contributed by atoms with E-state index in [2.05, 4.69) is 27.5 Å². The number of carbonyl (C=O) groups is 2. The lowest BCUT2D eigenvalue weighted by Crippen LogP contribution is -2.01. The van der Waals surface area contributed by atoms with Crippen LogP contribution in [-0.4, -0.2) is 21.2 Å². The first-order valence-corrected chi connectivity index (χ1v) is 8.83. The van der Waals surface area contributed by atoms with Gasteiger partial charge >= 0.3 is 5.97 Å². The minimum absolute atomic E-state index is 0.101. The standard InChI is InChI=1S/C15H12BrNO3S2/c1-3-6-21-15-17-13(14(19)22-15)8-10-7-11(20-9(2)18)4-5-12(10)16/h3-5,7-8H,1,6H2,2H3/b13-8-. The summed E-state index contributed by atoms with van der Waals surface area (Å²) in [7, 11) is 0. The van der Waals surface area contributed by atoms with E-state index in [-0.39, 0.29) is 5.12 Å². The summed E-state index contributed by atoms with van der Waals surface area (Å²) in [5.74, 6) is 0.735. The van der Waals surface area contributed by atoms with Gasteiger partial charge in [-0.2, -0.15) is 0 Å². The number of thioether (sulfide) groups is 2. The van der Waals surface area contributed by atoms with Crippen LogP contribution in [0.15, 0.2) is 46.0 Å². The van der Waals surface area contributed by atoms with Crippen LogP contribution >= 0.6 is 39.5 Å². The van der Waals surface area contributed by atoms with Crippen LogP contribution in [0.25, 0.3) is 6.08 Å². The summed E-state index contributed by atoms with van der Waals surface area (Å²) >= 11 is 5.99. The Morgan fingerprint density at radius 2 is 2.32 bits per heavy atom. The third-order valence-electron chi connectivity index (χ3n) is 2.45. The first kappa shape index (κ1) is 17.1. The number of carbonyl (C=O) groups excluding carboxylic acids is 2. The fourth-order valence-electron chi connectivity index (χ4n) is 1.59. The molecule has 0 unspecified atom stereocenters. The minimum Gasteiger partial charge on any atom is -0.427 e. The summed E-state index contributed by atoms with van der Waals surface area (Å²) in [6.45, 7) is 4.98. The molecule has 0 saturated heterocycles. The van der Waals surface area contributed by atoms with E-state index in [0.717, 1.165) is 21.8 Å². The lowest BCUT2D eigenvalue weighted by atomic mass is 10.2. The fourth-order valence-corrected chi connectivity index (χ4v) is 3.55. The van der Waals surface area contributed by atoms with E-state index in [0.29, 0.717) is 21.6 Å². The second-order valence-electron chi connectivity index (χ2n) is 4.17. The van der Waals surface area contributed by atoms with Gasteiger partial charge in [0.2, 0.25) is 5.12 Å². The van der Waals surface area contributed by atoms with Gasteiger partial charge in [-0.3, -0.25) is 9.59 Å². The molecular formula is C15H12BrNO3S2. The number of hydrogen-bond donors (Lipinski definition) is 0. The topological polar surface area (TPSA) is 55.7 Å². The number of nitrogens with zero attached hydrogens (tertiary/aromatic N) is 1. The highest BCUT2D eigenvalue weighted by atomic mass is 79.9. The average molecular weight is 398 g/mol. The van der Waals surface area contributed by atoms with Crippen LogP contribution < -0.4 is 4.74 Å². The van der Waals surface area contributed by atoms with Gasteiger partial charge in [0.25, 0.3) is 0 Å². The van der Waals surface area contributed by atoms with Crippen LogP contribution in [0.2, 0.25) is 0 Å². The molecule has 0 spiro atoms. The number of halogens is 1. The predicted octanol–water partition coefficient (Wildman–Crippen LogP) is 4.26. The molecule has 1 heterocycles. The van der Waals surface area contributed by atoms with Crippen molar-refractivity contribution in [3.05, 3.63) is 46.6 Å². The summed E-state index contributed by atoms with van der Waals surface area (Å²) in [6, 6.07) is 5.11. The van der Waals surface area contributed by atoms with Gasteiger partial charge in [0, 0.05) is 17.1 Å². The molecule has 0 atom stereocenters. The number of ether oxygens (including phenoxy) is 1. The summed E-state index contributed by atoms with van der Waals surface area (Å²) in [6.07, 6.45) is 3.44. The van der Waals surface area contributed by atoms with Crippen LogP contribution in [-0.2, 0) is 9.59 Å². The van der Waals surface area contributed by atoms with E-state index in [1.807, 2.05) is 0 Å². The van der Waals surface area contributed by atoms with Crippen molar-refractivity contribution in [1.29, 1.82) is 0 Å². The third kappa shape index (κ3) is 4.59.